The van der Waals surface area contributed by atoms with Gasteiger partial charge >= 0.3 is 0 Å². The Kier molecular flexibility index (Phi) is 3.70. The zero-order valence-electron chi connectivity index (χ0n) is 8.14. The third kappa shape index (κ3) is 2.61. The van der Waals surface area contributed by atoms with E-state index in [-0.39, 0.29) is 5.92 Å². The lowest BCUT2D eigenvalue weighted by Gasteiger charge is -2.10. The average molecular weight is 184 g/mol. The predicted octanol–water partition coefficient (Wildman–Crippen LogP) is 2.53. The minimum Gasteiger partial charge on any atom is -0.197 e. The standard InChI is InChI=1S/C12H12N2/c1-10(12(8-13)9-14)7-11-5-3-2-4-6-11/h2-6,10,12H,7H2,1H3. The smallest absolute Gasteiger partial charge is 0.136 e. The van der Waals surface area contributed by atoms with Gasteiger partial charge in [-0.1, -0.05) is 37.3 Å². The van der Waals surface area contributed by atoms with E-state index < -0.39 is 5.92 Å². The molecule has 0 amide bonds. The number of hydrogen-bond donors (Lipinski definition) is 0. The van der Waals surface area contributed by atoms with Crippen molar-refractivity contribution in [2.24, 2.45) is 11.8 Å². The van der Waals surface area contributed by atoms with Crippen molar-refractivity contribution in [2.45, 2.75) is 13.3 Å². The van der Waals surface area contributed by atoms with Gasteiger partial charge in [-0.05, 0) is 17.9 Å². The van der Waals surface area contributed by atoms with Crippen LogP contribution in [0, 0.1) is 34.5 Å². The van der Waals surface area contributed by atoms with E-state index in [1.807, 2.05) is 49.4 Å². The Morgan fingerprint density at radius 3 is 2.21 bits per heavy atom. The molecule has 0 radical (unpaired) electrons. The largest absolute Gasteiger partial charge is 0.197 e. The number of rotatable bonds is 3. The maximum absolute atomic E-state index is 8.70. The van der Waals surface area contributed by atoms with E-state index in [1.165, 1.54) is 5.56 Å². The Bertz CT molecular complexity index is 342. The van der Waals surface area contributed by atoms with Crippen LogP contribution in [0.25, 0.3) is 0 Å². The van der Waals surface area contributed by atoms with E-state index in [4.69, 9.17) is 10.5 Å². The van der Waals surface area contributed by atoms with Gasteiger partial charge in [0.15, 0.2) is 0 Å². The lowest BCUT2D eigenvalue weighted by atomic mass is 9.90. The van der Waals surface area contributed by atoms with Gasteiger partial charge in [-0.2, -0.15) is 10.5 Å². The van der Waals surface area contributed by atoms with E-state index >= 15 is 0 Å². The Balaban J connectivity index is 2.63. The first-order chi connectivity index (χ1) is 6.77. The van der Waals surface area contributed by atoms with E-state index in [1.54, 1.807) is 0 Å². The van der Waals surface area contributed by atoms with Crippen LogP contribution in [0.2, 0.25) is 0 Å². The highest BCUT2D eigenvalue weighted by atomic mass is 14.3. The second kappa shape index (κ2) is 5.04. The Morgan fingerprint density at radius 1 is 1.14 bits per heavy atom. The van der Waals surface area contributed by atoms with Crippen molar-refractivity contribution < 1.29 is 0 Å². The van der Waals surface area contributed by atoms with Crippen molar-refractivity contribution in [3.63, 3.8) is 0 Å². The molecule has 70 valence electrons. The zero-order valence-corrected chi connectivity index (χ0v) is 8.14. The van der Waals surface area contributed by atoms with Crippen LogP contribution in [0.4, 0.5) is 0 Å². The summed E-state index contributed by atoms with van der Waals surface area (Å²) in [6.07, 6.45) is 0.784. The second-order valence-electron chi connectivity index (χ2n) is 3.40. The summed E-state index contributed by atoms with van der Waals surface area (Å²) < 4.78 is 0. The molecule has 14 heavy (non-hydrogen) atoms. The molecule has 1 atom stereocenters. The third-order valence-corrected chi connectivity index (χ3v) is 2.25. The summed E-state index contributed by atoms with van der Waals surface area (Å²) in [6.45, 7) is 1.93. The molecule has 0 aliphatic carbocycles. The number of benzene rings is 1. The van der Waals surface area contributed by atoms with Crippen LogP contribution in [0.15, 0.2) is 30.3 Å². The van der Waals surface area contributed by atoms with Crippen molar-refractivity contribution in [3.8, 4) is 12.1 Å². The molecule has 1 rings (SSSR count). The Hall–Kier alpha value is -1.80. The summed E-state index contributed by atoms with van der Waals surface area (Å²) in [7, 11) is 0. The predicted molar refractivity (Wildman–Crippen MR) is 54.0 cm³/mol. The fraction of sp³-hybridized carbons (Fsp3) is 0.333. The van der Waals surface area contributed by atoms with Gasteiger partial charge in [-0.15, -0.1) is 0 Å². The van der Waals surface area contributed by atoms with Gasteiger partial charge in [-0.25, -0.2) is 0 Å². The summed E-state index contributed by atoms with van der Waals surface area (Å²) in [4.78, 5) is 0. The first-order valence-corrected chi connectivity index (χ1v) is 4.61. The molecule has 0 aliphatic rings. The molecule has 0 saturated carbocycles. The van der Waals surface area contributed by atoms with Crippen LogP contribution >= 0.6 is 0 Å². The van der Waals surface area contributed by atoms with E-state index in [9.17, 15) is 0 Å². The summed E-state index contributed by atoms with van der Waals surface area (Å²) in [5.74, 6) is -0.414. The van der Waals surface area contributed by atoms with Crippen molar-refractivity contribution in [3.05, 3.63) is 35.9 Å². The lowest BCUT2D eigenvalue weighted by molar-refractivity contribution is 0.513. The highest BCUT2D eigenvalue weighted by molar-refractivity contribution is 5.16. The monoisotopic (exact) mass is 184 g/mol. The summed E-state index contributed by atoms with van der Waals surface area (Å²) in [5.41, 5.74) is 1.18. The highest BCUT2D eigenvalue weighted by Crippen LogP contribution is 2.15. The fourth-order valence-corrected chi connectivity index (χ4v) is 1.39. The molecule has 1 aromatic rings. The minimum atomic E-state index is -0.504. The molecule has 0 bridgehead atoms. The number of hydrogen-bond acceptors (Lipinski definition) is 2. The molecule has 0 aliphatic heterocycles. The van der Waals surface area contributed by atoms with Crippen LogP contribution in [0.3, 0.4) is 0 Å². The van der Waals surface area contributed by atoms with Gasteiger partial charge < -0.3 is 0 Å². The molecule has 1 aromatic carbocycles. The van der Waals surface area contributed by atoms with E-state index in [2.05, 4.69) is 0 Å². The molecule has 0 fully saturated rings. The quantitative estimate of drug-likeness (QED) is 0.724. The van der Waals surface area contributed by atoms with E-state index in [0.717, 1.165) is 6.42 Å². The normalized spacial score (nSPS) is 11.7. The fourth-order valence-electron chi connectivity index (χ4n) is 1.39. The number of nitrogens with zero attached hydrogens (tertiary/aromatic N) is 2. The molecule has 2 nitrogen and oxygen atoms in total. The number of nitriles is 2. The van der Waals surface area contributed by atoms with Gasteiger partial charge in [-0.3, -0.25) is 0 Å². The topological polar surface area (TPSA) is 47.6 Å². The van der Waals surface area contributed by atoms with Gasteiger partial charge in [0.25, 0.3) is 0 Å². The van der Waals surface area contributed by atoms with Crippen molar-refractivity contribution >= 4 is 0 Å². The Morgan fingerprint density at radius 2 is 1.71 bits per heavy atom. The van der Waals surface area contributed by atoms with Crippen molar-refractivity contribution in [1.29, 1.82) is 10.5 Å². The van der Waals surface area contributed by atoms with Crippen LogP contribution in [0.5, 0.6) is 0 Å². The van der Waals surface area contributed by atoms with Crippen LogP contribution in [-0.4, -0.2) is 0 Å². The highest BCUT2D eigenvalue weighted by Gasteiger charge is 2.15. The summed E-state index contributed by atoms with van der Waals surface area (Å²) in [5, 5.41) is 17.4. The minimum absolute atomic E-state index is 0.0902. The molecule has 0 N–H and O–H groups in total. The lowest BCUT2D eigenvalue weighted by Crippen LogP contribution is -2.10. The molecule has 2 heteroatoms. The van der Waals surface area contributed by atoms with Crippen molar-refractivity contribution in [2.75, 3.05) is 0 Å². The maximum atomic E-state index is 8.70. The maximum Gasteiger partial charge on any atom is 0.136 e. The SMILES string of the molecule is CC(Cc1ccccc1)C(C#N)C#N. The molecule has 0 spiro atoms. The molecular formula is C12H12N2. The van der Waals surface area contributed by atoms with E-state index in [0.29, 0.717) is 0 Å². The first kappa shape index (κ1) is 10.3. The van der Waals surface area contributed by atoms with Crippen LogP contribution in [-0.2, 0) is 6.42 Å². The van der Waals surface area contributed by atoms with Crippen molar-refractivity contribution in [1.82, 2.24) is 0 Å². The zero-order chi connectivity index (χ0) is 10.4. The van der Waals surface area contributed by atoms with Gasteiger partial charge in [0.05, 0.1) is 12.1 Å². The van der Waals surface area contributed by atoms with Gasteiger partial charge in [0.2, 0.25) is 0 Å². The first-order valence-electron chi connectivity index (χ1n) is 4.61. The summed E-state index contributed by atoms with van der Waals surface area (Å²) >= 11 is 0. The molecule has 0 heterocycles. The molecule has 0 saturated heterocycles. The third-order valence-electron chi connectivity index (χ3n) is 2.25. The average Bonchev–Trinajstić information content (AvgIpc) is 2.21. The molecular weight excluding hydrogens is 172 g/mol. The molecule has 0 aromatic heterocycles. The van der Waals surface area contributed by atoms with Gasteiger partial charge in [0, 0.05) is 0 Å². The summed E-state index contributed by atoms with van der Waals surface area (Å²) in [6, 6.07) is 13.9. The Labute approximate surface area is 84.4 Å². The second-order valence-corrected chi connectivity index (χ2v) is 3.40. The molecule has 1 unspecified atom stereocenters. The van der Waals surface area contributed by atoms with Crippen LogP contribution < -0.4 is 0 Å². The van der Waals surface area contributed by atoms with Crippen LogP contribution in [0.1, 0.15) is 12.5 Å². The van der Waals surface area contributed by atoms with Gasteiger partial charge in [0.1, 0.15) is 5.92 Å².